The second kappa shape index (κ2) is 10.8. The fourth-order valence-corrected chi connectivity index (χ4v) is 8.24. The molecule has 0 saturated heterocycles. The Bertz CT molecular complexity index is 3130. The van der Waals surface area contributed by atoms with Crippen LogP contribution >= 0.6 is 0 Å². The smallest absolute Gasteiger partial charge is 0.136 e. The highest BCUT2D eigenvalue weighted by atomic mass is 16.3. The third-order valence-electron chi connectivity index (χ3n) is 10.5. The molecule has 51 heavy (non-hydrogen) atoms. The lowest BCUT2D eigenvalue weighted by molar-refractivity contribution is 0.669. The van der Waals surface area contributed by atoms with Gasteiger partial charge in [-0.3, -0.25) is 0 Å². The van der Waals surface area contributed by atoms with Crippen molar-refractivity contribution in [2.75, 3.05) is 0 Å². The fraction of sp³-hybridized carbons (Fsp3) is 0. The first-order valence-corrected chi connectivity index (χ1v) is 17.4. The Morgan fingerprint density at radius 1 is 0.314 bits per heavy atom. The summed E-state index contributed by atoms with van der Waals surface area (Å²) >= 11 is 0. The number of benzene rings is 8. The molecule has 3 aromatic heterocycles. The van der Waals surface area contributed by atoms with E-state index >= 15 is 0 Å². The third kappa shape index (κ3) is 4.19. The maximum atomic E-state index is 6.33. The van der Waals surface area contributed by atoms with Crippen LogP contribution in [0, 0.1) is 0 Å². The topological polar surface area (TPSA) is 23.0 Å². The van der Waals surface area contributed by atoms with Crippen LogP contribution < -0.4 is 0 Å². The van der Waals surface area contributed by atoms with Gasteiger partial charge in [-0.05, 0) is 89.0 Å². The van der Waals surface area contributed by atoms with Gasteiger partial charge in [-0.1, -0.05) is 115 Å². The summed E-state index contributed by atoms with van der Waals surface area (Å²) in [5.41, 5.74) is 13.6. The van der Waals surface area contributed by atoms with Gasteiger partial charge in [0.25, 0.3) is 0 Å². The Morgan fingerprint density at radius 3 is 1.61 bits per heavy atom. The van der Waals surface area contributed by atoms with E-state index in [1.54, 1.807) is 0 Å². The lowest BCUT2D eigenvalue weighted by Crippen LogP contribution is -1.94. The van der Waals surface area contributed by atoms with Gasteiger partial charge in [0.2, 0.25) is 0 Å². The van der Waals surface area contributed by atoms with E-state index in [9.17, 15) is 0 Å². The van der Waals surface area contributed by atoms with Gasteiger partial charge < -0.3 is 13.6 Å². The summed E-state index contributed by atoms with van der Waals surface area (Å²) in [6.45, 7) is 0. The Labute approximate surface area is 293 Å². The first-order valence-electron chi connectivity index (χ1n) is 17.4. The average molecular weight is 651 g/mol. The van der Waals surface area contributed by atoms with E-state index in [1.807, 2.05) is 12.1 Å². The van der Waals surface area contributed by atoms with Crippen molar-refractivity contribution in [2.45, 2.75) is 0 Å². The lowest BCUT2D eigenvalue weighted by Gasteiger charge is -2.10. The monoisotopic (exact) mass is 650 g/mol. The molecule has 3 heteroatoms. The van der Waals surface area contributed by atoms with Gasteiger partial charge in [0.1, 0.15) is 11.2 Å². The Morgan fingerprint density at radius 2 is 0.843 bits per heavy atom. The minimum Gasteiger partial charge on any atom is -0.456 e. The molecule has 0 amide bonds. The number of nitrogens with zero attached hydrogens (tertiary/aromatic N) is 2. The van der Waals surface area contributed by atoms with E-state index in [4.69, 9.17) is 4.42 Å². The van der Waals surface area contributed by atoms with Gasteiger partial charge in [0.15, 0.2) is 0 Å². The predicted octanol–water partition coefficient (Wildman–Crippen LogP) is 13.1. The third-order valence-corrected chi connectivity index (χ3v) is 10.5. The molecule has 0 N–H and O–H groups in total. The van der Waals surface area contributed by atoms with Crippen molar-refractivity contribution >= 4 is 65.6 Å². The molecule has 3 heterocycles. The number of rotatable bonds is 4. The Balaban J connectivity index is 1.15. The number of fused-ring (bicyclic) bond motifs is 9. The van der Waals surface area contributed by atoms with Crippen molar-refractivity contribution in [1.82, 2.24) is 9.13 Å². The average Bonchev–Trinajstić information content (AvgIpc) is 3.85. The van der Waals surface area contributed by atoms with E-state index in [1.165, 1.54) is 60.3 Å². The van der Waals surface area contributed by atoms with Crippen LogP contribution in [0.15, 0.2) is 186 Å². The van der Waals surface area contributed by atoms with Crippen molar-refractivity contribution in [3.05, 3.63) is 182 Å². The number of hydrogen-bond donors (Lipinski definition) is 0. The first kappa shape index (κ1) is 28.0. The molecule has 0 unspecified atom stereocenters. The number of furan rings is 1. The number of aromatic nitrogens is 2. The molecule has 0 bridgehead atoms. The van der Waals surface area contributed by atoms with Gasteiger partial charge in [-0.2, -0.15) is 0 Å². The molecular weight excluding hydrogens is 621 g/mol. The molecule has 8 aromatic carbocycles. The maximum Gasteiger partial charge on any atom is 0.136 e. The lowest BCUT2D eigenvalue weighted by atomic mass is 9.97. The van der Waals surface area contributed by atoms with Crippen molar-refractivity contribution in [1.29, 1.82) is 0 Å². The largest absolute Gasteiger partial charge is 0.456 e. The van der Waals surface area contributed by atoms with Crippen molar-refractivity contribution < 1.29 is 4.42 Å². The summed E-state index contributed by atoms with van der Waals surface area (Å²) in [6.07, 6.45) is 0. The summed E-state index contributed by atoms with van der Waals surface area (Å²) in [7, 11) is 0. The number of hydrogen-bond acceptors (Lipinski definition) is 1. The van der Waals surface area contributed by atoms with Gasteiger partial charge in [0.05, 0.1) is 22.1 Å². The first-order chi connectivity index (χ1) is 25.3. The molecule has 0 spiro atoms. The highest BCUT2D eigenvalue weighted by molar-refractivity contribution is 6.17. The van der Waals surface area contributed by atoms with Crippen LogP contribution in [-0.4, -0.2) is 9.13 Å². The summed E-state index contributed by atoms with van der Waals surface area (Å²) < 4.78 is 11.1. The molecule has 11 aromatic rings. The molecule has 238 valence electrons. The van der Waals surface area contributed by atoms with E-state index in [0.717, 1.165) is 38.9 Å². The molecule has 0 aliphatic rings. The standard InChI is InChI=1S/C48H30N2O/c1-3-12-34(13-4-1)49-42-19-9-7-16-37(42)38-25-22-31(28-44(38)49)32-23-27-41-45(29-32)50(35-14-5-2-6-15-35)43-20-11-18-36(48(41)43)33-24-26-40-39-17-8-10-21-46(39)51-47(40)30-33/h1-30H. The zero-order chi connectivity index (χ0) is 33.5. The highest BCUT2D eigenvalue weighted by Gasteiger charge is 2.19. The molecule has 0 saturated carbocycles. The second-order valence-electron chi connectivity index (χ2n) is 13.3. The minimum absolute atomic E-state index is 0.906. The number of para-hydroxylation sites is 4. The molecule has 3 nitrogen and oxygen atoms in total. The summed E-state index contributed by atoms with van der Waals surface area (Å²) in [4.78, 5) is 0. The van der Waals surface area contributed by atoms with Crippen molar-refractivity contribution in [3.63, 3.8) is 0 Å². The molecule has 11 rings (SSSR count). The van der Waals surface area contributed by atoms with Gasteiger partial charge in [0, 0.05) is 43.7 Å². The SMILES string of the molecule is c1ccc(-n2c3ccccc3c3ccc(-c4ccc5c6c(-c7ccc8c(c7)oc7ccccc78)cccc6n(-c6ccccc6)c5c4)cc32)cc1. The normalized spacial score (nSPS) is 11.9. The highest BCUT2D eigenvalue weighted by Crippen LogP contribution is 2.42. The van der Waals surface area contributed by atoms with E-state index in [2.05, 4.69) is 179 Å². The van der Waals surface area contributed by atoms with Crippen LogP contribution in [-0.2, 0) is 0 Å². The summed E-state index contributed by atoms with van der Waals surface area (Å²) in [5.74, 6) is 0. The molecule has 0 aliphatic heterocycles. The van der Waals surface area contributed by atoms with Crippen LogP contribution in [0.5, 0.6) is 0 Å². The molecule has 0 fully saturated rings. The van der Waals surface area contributed by atoms with Crippen LogP contribution in [0.3, 0.4) is 0 Å². The molecular formula is C48H30N2O. The van der Waals surface area contributed by atoms with Gasteiger partial charge >= 0.3 is 0 Å². The van der Waals surface area contributed by atoms with Crippen LogP contribution in [0.1, 0.15) is 0 Å². The van der Waals surface area contributed by atoms with E-state index < -0.39 is 0 Å². The molecule has 0 atom stereocenters. The minimum atomic E-state index is 0.906. The van der Waals surface area contributed by atoms with E-state index in [0.29, 0.717) is 0 Å². The second-order valence-corrected chi connectivity index (χ2v) is 13.3. The molecule has 0 radical (unpaired) electrons. The van der Waals surface area contributed by atoms with E-state index in [-0.39, 0.29) is 0 Å². The van der Waals surface area contributed by atoms with Gasteiger partial charge in [-0.15, -0.1) is 0 Å². The van der Waals surface area contributed by atoms with Crippen molar-refractivity contribution in [3.8, 4) is 33.6 Å². The van der Waals surface area contributed by atoms with Gasteiger partial charge in [-0.25, -0.2) is 0 Å². The molecule has 0 aliphatic carbocycles. The van der Waals surface area contributed by atoms with Crippen LogP contribution in [0.25, 0.3) is 99.2 Å². The zero-order valence-corrected chi connectivity index (χ0v) is 27.6. The van der Waals surface area contributed by atoms with Crippen molar-refractivity contribution in [2.24, 2.45) is 0 Å². The fourth-order valence-electron chi connectivity index (χ4n) is 8.24. The Kier molecular flexibility index (Phi) is 5.96. The summed E-state index contributed by atoms with van der Waals surface area (Å²) in [5, 5.41) is 7.25. The van der Waals surface area contributed by atoms with Crippen LogP contribution in [0.2, 0.25) is 0 Å². The zero-order valence-electron chi connectivity index (χ0n) is 27.6. The quantitative estimate of drug-likeness (QED) is 0.186. The Hall–Kier alpha value is -6.84. The van der Waals surface area contributed by atoms with Crippen LogP contribution in [0.4, 0.5) is 0 Å². The summed E-state index contributed by atoms with van der Waals surface area (Å²) in [6, 6.07) is 65.5. The maximum absolute atomic E-state index is 6.33. The predicted molar refractivity (Wildman–Crippen MR) is 213 cm³/mol.